The first kappa shape index (κ1) is 29.5. The number of carboxylic acid groups (broad SMARTS) is 1. The Morgan fingerprint density at radius 3 is 2.51 bits per heavy atom. The van der Waals surface area contributed by atoms with Crippen LogP contribution in [0.2, 0.25) is 0 Å². The van der Waals surface area contributed by atoms with Crippen molar-refractivity contribution in [3.63, 3.8) is 0 Å². The van der Waals surface area contributed by atoms with Crippen LogP contribution >= 0.6 is 0 Å². The quantitative estimate of drug-likeness (QED) is 0.277. The van der Waals surface area contributed by atoms with Gasteiger partial charge in [0.1, 0.15) is 22.8 Å². The third-order valence-electron chi connectivity index (χ3n) is 7.30. The van der Waals surface area contributed by atoms with Crippen LogP contribution in [-0.4, -0.2) is 65.7 Å². The van der Waals surface area contributed by atoms with Gasteiger partial charge in [0.2, 0.25) is 10.0 Å². The number of hydrogen-bond acceptors (Lipinski definition) is 7. The zero-order valence-corrected chi connectivity index (χ0v) is 22.2. The molecule has 0 aromatic heterocycles. The van der Waals surface area contributed by atoms with Gasteiger partial charge in [-0.3, -0.25) is 4.72 Å². The monoisotopic (exact) mass is 543 g/mol. The molecule has 1 aromatic carbocycles. The third kappa shape index (κ3) is 6.51. The molecule has 1 saturated heterocycles. The summed E-state index contributed by atoms with van der Waals surface area (Å²) in [6.07, 6.45) is 5.82. The molecule has 0 amide bonds. The number of carboxylic acids is 1. The number of unbranched alkanes of at least 4 members (excludes halogenated alkanes) is 4. The molecule has 208 valence electrons. The molecule has 1 aliphatic carbocycles. The van der Waals surface area contributed by atoms with Crippen LogP contribution in [0.3, 0.4) is 0 Å². The molecule has 1 spiro atoms. The summed E-state index contributed by atoms with van der Waals surface area (Å²) in [5, 5.41) is 28.2. The lowest BCUT2D eigenvalue weighted by Gasteiger charge is -2.34. The summed E-state index contributed by atoms with van der Waals surface area (Å²) >= 11 is 0. The third-order valence-corrected chi connectivity index (χ3v) is 9.05. The summed E-state index contributed by atoms with van der Waals surface area (Å²) in [5.41, 5.74) is -0.930. The maximum absolute atomic E-state index is 14.0. The van der Waals surface area contributed by atoms with Gasteiger partial charge in [0.05, 0.1) is 24.5 Å². The van der Waals surface area contributed by atoms with Gasteiger partial charge in [-0.05, 0) is 55.5 Å². The van der Waals surface area contributed by atoms with Crippen LogP contribution in [0.15, 0.2) is 29.8 Å². The number of aliphatic hydroxyl groups excluding tert-OH is 2. The molecule has 4 N–H and O–H groups in total. The summed E-state index contributed by atoms with van der Waals surface area (Å²) in [4.78, 5) is 12.2. The zero-order chi connectivity index (χ0) is 27.3. The SMILES string of the molecule is CCCCCCCc1cc(F)ccc1NS(=O)(=O)C1CCC2(C=C1C(=O)O)O[C@H](CO)[C@@](CC)(CO)O2. The van der Waals surface area contributed by atoms with Gasteiger partial charge in [0, 0.05) is 6.42 Å². The molecule has 37 heavy (non-hydrogen) atoms. The van der Waals surface area contributed by atoms with E-state index in [2.05, 4.69) is 11.6 Å². The lowest BCUT2D eigenvalue weighted by molar-refractivity contribution is -0.171. The van der Waals surface area contributed by atoms with Crippen molar-refractivity contribution in [2.45, 2.75) is 94.4 Å². The van der Waals surface area contributed by atoms with E-state index in [0.717, 1.165) is 44.2 Å². The average molecular weight is 544 g/mol. The maximum Gasteiger partial charge on any atom is 0.332 e. The molecular formula is C26H38FNO8S. The number of sulfonamides is 1. The first-order valence-electron chi connectivity index (χ1n) is 12.9. The number of carbonyl (C=O) groups is 1. The molecule has 2 aliphatic rings. The molecule has 11 heteroatoms. The van der Waals surface area contributed by atoms with Gasteiger partial charge in [-0.2, -0.15) is 0 Å². The fourth-order valence-corrected chi connectivity index (χ4v) is 6.71. The van der Waals surface area contributed by atoms with Gasteiger partial charge >= 0.3 is 5.97 Å². The second-order valence-electron chi connectivity index (χ2n) is 9.82. The molecule has 0 radical (unpaired) electrons. The van der Waals surface area contributed by atoms with E-state index in [1.165, 1.54) is 12.1 Å². The predicted octanol–water partition coefficient (Wildman–Crippen LogP) is 3.50. The second-order valence-corrected chi connectivity index (χ2v) is 11.7. The van der Waals surface area contributed by atoms with E-state index in [0.29, 0.717) is 18.4 Å². The zero-order valence-electron chi connectivity index (χ0n) is 21.4. The molecule has 1 heterocycles. The van der Waals surface area contributed by atoms with Gasteiger partial charge < -0.3 is 24.8 Å². The Bertz CT molecular complexity index is 1090. The fourth-order valence-electron chi connectivity index (χ4n) is 5.13. The van der Waals surface area contributed by atoms with Crippen LogP contribution in [-0.2, 0) is 30.7 Å². The number of aliphatic carboxylic acids is 1. The van der Waals surface area contributed by atoms with Gasteiger partial charge in [0.15, 0.2) is 5.79 Å². The van der Waals surface area contributed by atoms with Gasteiger partial charge in [-0.25, -0.2) is 17.6 Å². The number of aliphatic hydroxyl groups is 2. The van der Waals surface area contributed by atoms with Gasteiger partial charge in [-0.15, -0.1) is 0 Å². The lowest BCUT2D eigenvalue weighted by Crippen LogP contribution is -2.46. The van der Waals surface area contributed by atoms with E-state index in [4.69, 9.17) is 9.47 Å². The highest BCUT2D eigenvalue weighted by atomic mass is 32.2. The average Bonchev–Trinajstić information content (AvgIpc) is 3.18. The summed E-state index contributed by atoms with van der Waals surface area (Å²) in [5.74, 6) is -3.50. The first-order valence-corrected chi connectivity index (χ1v) is 14.5. The number of benzene rings is 1. The minimum absolute atomic E-state index is 0.00130. The topological polar surface area (TPSA) is 142 Å². The van der Waals surface area contributed by atoms with Crippen LogP contribution < -0.4 is 4.72 Å². The standard InChI is InChI=1S/C26H38FNO8S/c1-3-5-6-7-8-9-18-14-19(27)10-11-21(18)28-37(33,34)22-12-13-26(15-20(22)24(31)32)35-23(16-29)25(4-2,17-30)36-26/h10-11,14-15,22-23,28-30H,3-9,12-13,16-17H2,1-2H3,(H,31,32)/t22?,23-,25-,26?/m1/s1. The fraction of sp³-hybridized carbons (Fsp3) is 0.654. The van der Waals surface area contributed by atoms with E-state index < -0.39 is 63.3 Å². The smallest absolute Gasteiger partial charge is 0.332 e. The molecule has 1 fully saturated rings. The summed E-state index contributed by atoms with van der Waals surface area (Å²) in [6, 6.07) is 3.82. The molecule has 1 aliphatic heterocycles. The molecule has 0 saturated carbocycles. The normalized spacial score (nSPS) is 27.9. The molecule has 1 aromatic rings. The molecule has 9 nitrogen and oxygen atoms in total. The van der Waals surface area contributed by atoms with E-state index in [-0.39, 0.29) is 18.5 Å². The Morgan fingerprint density at radius 1 is 1.19 bits per heavy atom. The van der Waals surface area contributed by atoms with Crippen molar-refractivity contribution in [3.8, 4) is 0 Å². The number of nitrogens with one attached hydrogen (secondary N) is 1. The Labute approximate surface area is 217 Å². The first-order chi connectivity index (χ1) is 17.5. The van der Waals surface area contributed by atoms with Crippen molar-refractivity contribution in [2.24, 2.45) is 0 Å². The molecule has 2 unspecified atom stereocenters. The number of ether oxygens (including phenoxy) is 2. The summed E-state index contributed by atoms with van der Waals surface area (Å²) in [7, 11) is -4.24. The minimum atomic E-state index is -4.24. The second kappa shape index (κ2) is 12.2. The van der Waals surface area contributed by atoms with Crippen molar-refractivity contribution in [1.29, 1.82) is 0 Å². The highest BCUT2D eigenvalue weighted by Gasteiger charge is 2.57. The van der Waals surface area contributed by atoms with E-state index >= 15 is 0 Å². The Hall–Kier alpha value is -2.05. The maximum atomic E-state index is 14.0. The van der Waals surface area contributed by atoms with E-state index in [1.54, 1.807) is 6.92 Å². The van der Waals surface area contributed by atoms with E-state index in [1.807, 2.05) is 0 Å². The van der Waals surface area contributed by atoms with Gasteiger partial charge in [0.25, 0.3) is 0 Å². The molecule has 0 bridgehead atoms. The highest BCUT2D eigenvalue weighted by molar-refractivity contribution is 7.93. The number of anilines is 1. The number of aryl methyl sites for hydroxylation is 1. The summed E-state index contributed by atoms with van der Waals surface area (Å²) in [6.45, 7) is 2.94. The summed E-state index contributed by atoms with van der Waals surface area (Å²) < 4.78 is 55.2. The van der Waals surface area contributed by atoms with Crippen molar-refractivity contribution < 1.29 is 42.4 Å². The molecule has 3 rings (SSSR count). The lowest BCUT2D eigenvalue weighted by atomic mass is 9.93. The van der Waals surface area contributed by atoms with Gasteiger partial charge in [-0.1, -0.05) is 39.5 Å². The molecule has 4 atom stereocenters. The van der Waals surface area contributed by atoms with Crippen LogP contribution in [0.1, 0.15) is 70.8 Å². The van der Waals surface area contributed by atoms with Crippen LogP contribution in [0.5, 0.6) is 0 Å². The molecular weight excluding hydrogens is 505 g/mol. The minimum Gasteiger partial charge on any atom is -0.478 e. The Kier molecular flexibility index (Phi) is 9.73. The number of rotatable bonds is 13. The van der Waals surface area contributed by atoms with E-state index in [9.17, 15) is 32.9 Å². The number of hydrogen-bond donors (Lipinski definition) is 4. The largest absolute Gasteiger partial charge is 0.478 e. The van der Waals surface area contributed by atoms with Crippen molar-refractivity contribution in [3.05, 3.63) is 41.2 Å². The predicted molar refractivity (Wildman–Crippen MR) is 136 cm³/mol. The van der Waals surface area contributed by atoms with Crippen LogP contribution in [0.25, 0.3) is 0 Å². The Morgan fingerprint density at radius 2 is 1.92 bits per heavy atom. The van der Waals surface area contributed by atoms with Crippen molar-refractivity contribution in [2.75, 3.05) is 17.9 Å². The Balaban J connectivity index is 1.86. The van der Waals surface area contributed by atoms with Crippen LogP contribution in [0, 0.1) is 5.82 Å². The number of halogens is 1. The van der Waals surface area contributed by atoms with Crippen molar-refractivity contribution in [1.82, 2.24) is 0 Å². The highest BCUT2D eigenvalue weighted by Crippen LogP contribution is 2.46. The van der Waals surface area contributed by atoms with Crippen LogP contribution in [0.4, 0.5) is 10.1 Å². The van der Waals surface area contributed by atoms with Crippen molar-refractivity contribution >= 4 is 21.7 Å².